The fourth-order valence-corrected chi connectivity index (χ4v) is 4.86. The van der Waals surface area contributed by atoms with Gasteiger partial charge in [0, 0.05) is 28.8 Å². The largest absolute Gasteiger partial charge is 0.322 e. The standard InChI is InChI=1S/C19H24N2OS/c22-19-17-13-23-11-7-15(17)16-12-14(4-5-18(16)20-19)6-10-21-8-2-1-3-9-21/h4-5,12H,1-3,6-11,13H2,(H,20,22). The molecule has 2 aliphatic heterocycles. The van der Waals surface area contributed by atoms with E-state index in [0.29, 0.717) is 0 Å². The van der Waals surface area contributed by atoms with Gasteiger partial charge in [-0.1, -0.05) is 12.5 Å². The van der Waals surface area contributed by atoms with E-state index in [4.69, 9.17) is 0 Å². The molecule has 1 aromatic carbocycles. The molecule has 0 aliphatic carbocycles. The number of fused-ring (bicyclic) bond motifs is 3. The second-order valence-corrected chi connectivity index (χ2v) is 7.85. The number of piperidine rings is 1. The summed E-state index contributed by atoms with van der Waals surface area (Å²) in [6, 6.07) is 6.61. The minimum Gasteiger partial charge on any atom is -0.322 e. The quantitative estimate of drug-likeness (QED) is 0.939. The number of aromatic nitrogens is 1. The summed E-state index contributed by atoms with van der Waals surface area (Å²) in [6.45, 7) is 3.67. The second kappa shape index (κ2) is 6.70. The van der Waals surface area contributed by atoms with Crippen molar-refractivity contribution in [3.63, 3.8) is 0 Å². The predicted octanol–water partition coefficient (Wildman–Crippen LogP) is 3.35. The summed E-state index contributed by atoms with van der Waals surface area (Å²) in [5.74, 6) is 1.99. The molecule has 2 aliphatic rings. The fourth-order valence-electron chi connectivity index (χ4n) is 3.86. The van der Waals surface area contributed by atoms with Crippen molar-refractivity contribution in [2.75, 3.05) is 25.4 Å². The second-order valence-electron chi connectivity index (χ2n) is 6.75. The maximum atomic E-state index is 12.2. The van der Waals surface area contributed by atoms with Crippen LogP contribution in [0.3, 0.4) is 0 Å². The van der Waals surface area contributed by atoms with Crippen LogP contribution in [0, 0.1) is 0 Å². The molecular formula is C19H24N2OS. The molecule has 0 spiro atoms. The Hall–Kier alpha value is -1.26. The summed E-state index contributed by atoms with van der Waals surface area (Å²) in [4.78, 5) is 17.9. The Morgan fingerprint density at radius 2 is 2.00 bits per heavy atom. The minimum atomic E-state index is 0.112. The number of nitrogens with zero attached hydrogens (tertiary/aromatic N) is 1. The van der Waals surface area contributed by atoms with E-state index in [2.05, 4.69) is 28.1 Å². The fraction of sp³-hybridized carbons (Fsp3) is 0.526. The Morgan fingerprint density at radius 1 is 1.13 bits per heavy atom. The van der Waals surface area contributed by atoms with Gasteiger partial charge in [-0.3, -0.25) is 4.79 Å². The van der Waals surface area contributed by atoms with Crippen molar-refractivity contribution in [1.29, 1.82) is 0 Å². The van der Waals surface area contributed by atoms with E-state index in [9.17, 15) is 4.79 Å². The van der Waals surface area contributed by atoms with Crippen LogP contribution in [-0.2, 0) is 18.6 Å². The van der Waals surface area contributed by atoms with Crippen molar-refractivity contribution < 1.29 is 0 Å². The van der Waals surface area contributed by atoms with Crippen molar-refractivity contribution in [1.82, 2.24) is 9.88 Å². The monoisotopic (exact) mass is 328 g/mol. The zero-order valence-electron chi connectivity index (χ0n) is 13.6. The molecule has 0 radical (unpaired) electrons. The van der Waals surface area contributed by atoms with Gasteiger partial charge >= 0.3 is 0 Å². The first-order valence-corrected chi connectivity index (χ1v) is 9.93. The smallest absolute Gasteiger partial charge is 0.252 e. The number of likely N-dealkylation sites (tertiary alicyclic amines) is 1. The van der Waals surface area contributed by atoms with Crippen LogP contribution in [0.15, 0.2) is 23.0 Å². The van der Waals surface area contributed by atoms with Crippen molar-refractivity contribution in [2.45, 2.75) is 37.9 Å². The molecule has 4 heteroatoms. The third-order valence-corrected chi connectivity index (χ3v) is 6.19. The van der Waals surface area contributed by atoms with Crippen LogP contribution in [-0.4, -0.2) is 35.3 Å². The van der Waals surface area contributed by atoms with Gasteiger partial charge in [0.25, 0.3) is 5.56 Å². The minimum absolute atomic E-state index is 0.112. The molecule has 1 saturated heterocycles. The van der Waals surface area contributed by atoms with Crippen molar-refractivity contribution >= 4 is 22.7 Å². The molecule has 0 saturated carbocycles. The van der Waals surface area contributed by atoms with Gasteiger partial charge < -0.3 is 9.88 Å². The van der Waals surface area contributed by atoms with E-state index in [0.717, 1.165) is 42.0 Å². The third-order valence-electron chi connectivity index (χ3n) is 5.20. The molecular weight excluding hydrogens is 304 g/mol. The molecule has 3 heterocycles. The van der Waals surface area contributed by atoms with Crippen LogP contribution in [0.4, 0.5) is 0 Å². The van der Waals surface area contributed by atoms with Gasteiger partial charge in [0.2, 0.25) is 0 Å². The number of hydrogen-bond acceptors (Lipinski definition) is 3. The lowest BCUT2D eigenvalue weighted by molar-refractivity contribution is 0.231. The molecule has 0 amide bonds. The van der Waals surface area contributed by atoms with Crippen LogP contribution in [0.2, 0.25) is 0 Å². The van der Waals surface area contributed by atoms with Crippen LogP contribution in [0.25, 0.3) is 10.9 Å². The maximum Gasteiger partial charge on any atom is 0.252 e. The molecule has 122 valence electrons. The summed E-state index contributed by atoms with van der Waals surface area (Å²) in [5.41, 5.74) is 4.81. The number of H-pyrrole nitrogens is 1. The average Bonchev–Trinajstić information content (AvgIpc) is 2.61. The van der Waals surface area contributed by atoms with Gasteiger partial charge in [0.05, 0.1) is 0 Å². The molecule has 0 bridgehead atoms. The lowest BCUT2D eigenvalue weighted by Gasteiger charge is -2.26. The van der Waals surface area contributed by atoms with Gasteiger partial charge in [-0.25, -0.2) is 0 Å². The Bertz CT molecular complexity index is 762. The number of hydrogen-bond donors (Lipinski definition) is 1. The Labute approximate surface area is 141 Å². The number of thioether (sulfide) groups is 1. The molecule has 1 N–H and O–H groups in total. The van der Waals surface area contributed by atoms with Gasteiger partial charge in [-0.2, -0.15) is 11.8 Å². The summed E-state index contributed by atoms with van der Waals surface area (Å²) >= 11 is 1.87. The highest BCUT2D eigenvalue weighted by atomic mass is 32.2. The molecule has 4 rings (SSSR count). The number of aromatic amines is 1. The predicted molar refractivity (Wildman–Crippen MR) is 98.4 cm³/mol. The van der Waals surface area contributed by atoms with Crippen LogP contribution < -0.4 is 5.56 Å². The van der Waals surface area contributed by atoms with Crippen molar-refractivity contribution in [3.8, 4) is 0 Å². The Morgan fingerprint density at radius 3 is 2.87 bits per heavy atom. The van der Waals surface area contributed by atoms with Gasteiger partial charge in [0.1, 0.15) is 0 Å². The van der Waals surface area contributed by atoms with Crippen LogP contribution >= 0.6 is 11.8 Å². The van der Waals surface area contributed by atoms with Gasteiger partial charge in [-0.05, 0) is 67.8 Å². The van der Waals surface area contributed by atoms with Crippen LogP contribution in [0.5, 0.6) is 0 Å². The zero-order chi connectivity index (χ0) is 15.6. The first-order valence-electron chi connectivity index (χ1n) is 8.78. The van der Waals surface area contributed by atoms with E-state index < -0.39 is 0 Å². The highest BCUT2D eigenvalue weighted by Gasteiger charge is 2.17. The van der Waals surface area contributed by atoms with E-state index in [1.165, 1.54) is 48.9 Å². The number of aryl methyl sites for hydroxylation is 1. The lowest BCUT2D eigenvalue weighted by atomic mass is 9.98. The summed E-state index contributed by atoms with van der Waals surface area (Å²) in [6.07, 6.45) is 6.23. The normalized spacial score (nSPS) is 19.0. The van der Waals surface area contributed by atoms with Gasteiger partial charge in [0.15, 0.2) is 0 Å². The first-order chi connectivity index (χ1) is 11.3. The number of rotatable bonds is 3. The SMILES string of the molecule is O=c1[nH]c2ccc(CCN3CCCCC3)cc2c2c1CSCC2. The molecule has 1 fully saturated rings. The van der Waals surface area contributed by atoms with E-state index in [-0.39, 0.29) is 5.56 Å². The Balaban J connectivity index is 1.61. The van der Waals surface area contributed by atoms with E-state index in [1.807, 2.05) is 11.8 Å². The number of benzene rings is 1. The van der Waals surface area contributed by atoms with Gasteiger partial charge in [-0.15, -0.1) is 0 Å². The average molecular weight is 328 g/mol. The van der Waals surface area contributed by atoms with E-state index >= 15 is 0 Å². The highest BCUT2D eigenvalue weighted by Crippen LogP contribution is 2.28. The zero-order valence-corrected chi connectivity index (χ0v) is 14.4. The number of nitrogens with one attached hydrogen (secondary N) is 1. The Kier molecular flexibility index (Phi) is 4.45. The summed E-state index contributed by atoms with van der Waals surface area (Å²) in [5, 5.41) is 1.27. The third kappa shape index (κ3) is 3.20. The van der Waals surface area contributed by atoms with Crippen LogP contribution in [0.1, 0.15) is 36.0 Å². The first kappa shape index (κ1) is 15.3. The molecule has 2 aromatic rings. The van der Waals surface area contributed by atoms with Crippen molar-refractivity contribution in [3.05, 3.63) is 45.2 Å². The highest BCUT2D eigenvalue weighted by molar-refractivity contribution is 7.98. The molecule has 0 atom stereocenters. The topological polar surface area (TPSA) is 36.1 Å². The van der Waals surface area contributed by atoms with E-state index in [1.54, 1.807) is 0 Å². The van der Waals surface area contributed by atoms with Crippen molar-refractivity contribution in [2.24, 2.45) is 0 Å². The molecule has 23 heavy (non-hydrogen) atoms. The molecule has 3 nitrogen and oxygen atoms in total. The molecule has 1 aromatic heterocycles. The maximum absolute atomic E-state index is 12.2. The summed E-state index contributed by atoms with van der Waals surface area (Å²) in [7, 11) is 0. The molecule has 0 unspecified atom stereocenters. The number of pyridine rings is 1. The lowest BCUT2D eigenvalue weighted by Crippen LogP contribution is -2.31. The summed E-state index contributed by atoms with van der Waals surface area (Å²) < 4.78 is 0.